The molecule has 1 heterocycles. The summed E-state index contributed by atoms with van der Waals surface area (Å²) in [5, 5.41) is 0. The molecule has 198 valence electrons. The molecule has 0 atom stereocenters. The van der Waals surface area contributed by atoms with Crippen LogP contribution in [0.2, 0.25) is 0 Å². The minimum atomic E-state index is -4.42. The molecule has 39 heavy (non-hydrogen) atoms. The van der Waals surface area contributed by atoms with Gasteiger partial charge in [0.1, 0.15) is 17.2 Å². The number of nitrogens with one attached hydrogen (secondary N) is 1. The molecule has 4 nitrogen and oxygen atoms in total. The molecule has 0 spiro atoms. The molecule has 0 saturated heterocycles. The zero-order chi connectivity index (χ0) is 27.6. The van der Waals surface area contributed by atoms with Crippen molar-refractivity contribution in [3.05, 3.63) is 103 Å². The van der Waals surface area contributed by atoms with Crippen LogP contribution < -0.4 is 14.2 Å². The lowest BCUT2D eigenvalue weighted by atomic mass is 9.91. The number of hydrogen-bond donors (Lipinski definition) is 1. The third-order valence-corrected chi connectivity index (χ3v) is 6.64. The fourth-order valence-corrected chi connectivity index (χ4v) is 4.61. The van der Waals surface area contributed by atoms with Crippen LogP contribution in [0.25, 0.3) is 44.8 Å². The third-order valence-electron chi connectivity index (χ3n) is 6.64. The molecular formula is C32H26F3NO3. The zero-order valence-electron chi connectivity index (χ0n) is 21.6. The molecule has 0 unspecified atom stereocenters. The standard InChI is InChI=1S/C32H26F3NO3/c1-37-25-14-6-20(7-15-25)28-29(21-8-16-26(38-2)17-9-21)31(23-10-18-27(39-3)19-11-23)36-30(28)22-4-12-24(13-5-22)32(33,34)35/h4-19,36H,1-3H3. The SMILES string of the molecule is COc1ccc(-c2[nH]c(-c3ccc(C(F)(F)F)cc3)c(-c3ccc(OC)cc3)c2-c2ccc(OC)cc2)cc1. The predicted molar refractivity (Wildman–Crippen MR) is 147 cm³/mol. The van der Waals surface area contributed by atoms with E-state index in [-0.39, 0.29) is 0 Å². The highest BCUT2D eigenvalue weighted by Gasteiger charge is 2.30. The molecule has 0 radical (unpaired) electrons. The number of alkyl halides is 3. The summed E-state index contributed by atoms with van der Waals surface area (Å²) >= 11 is 0. The number of hydrogen-bond acceptors (Lipinski definition) is 3. The van der Waals surface area contributed by atoms with Crippen molar-refractivity contribution in [3.63, 3.8) is 0 Å². The smallest absolute Gasteiger partial charge is 0.416 e. The molecule has 0 aliphatic rings. The Hall–Kier alpha value is -4.65. The van der Waals surface area contributed by atoms with Crippen LogP contribution >= 0.6 is 0 Å². The van der Waals surface area contributed by atoms with Gasteiger partial charge in [-0.1, -0.05) is 36.4 Å². The summed E-state index contributed by atoms with van der Waals surface area (Å²) in [6.45, 7) is 0. The van der Waals surface area contributed by atoms with Crippen molar-refractivity contribution in [2.24, 2.45) is 0 Å². The van der Waals surface area contributed by atoms with Crippen LogP contribution in [0, 0.1) is 0 Å². The van der Waals surface area contributed by atoms with Crippen molar-refractivity contribution < 1.29 is 27.4 Å². The van der Waals surface area contributed by atoms with Gasteiger partial charge in [-0.25, -0.2) is 0 Å². The van der Waals surface area contributed by atoms with Gasteiger partial charge in [0, 0.05) is 11.1 Å². The molecule has 4 aromatic carbocycles. The molecular weight excluding hydrogens is 503 g/mol. The Morgan fingerprint density at radius 1 is 0.462 bits per heavy atom. The maximum absolute atomic E-state index is 13.3. The topological polar surface area (TPSA) is 43.5 Å². The number of aromatic nitrogens is 1. The second-order valence-corrected chi connectivity index (χ2v) is 8.89. The van der Waals surface area contributed by atoms with Crippen molar-refractivity contribution in [3.8, 4) is 62.0 Å². The van der Waals surface area contributed by atoms with Gasteiger partial charge in [0.15, 0.2) is 0 Å². The number of H-pyrrole nitrogens is 1. The molecule has 5 aromatic rings. The monoisotopic (exact) mass is 529 g/mol. The minimum Gasteiger partial charge on any atom is -0.497 e. The van der Waals surface area contributed by atoms with E-state index in [1.54, 1.807) is 21.3 Å². The second kappa shape index (κ2) is 10.6. The molecule has 5 rings (SSSR count). The Kier molecular flexibility index (Phi) is 7.07. The van der Waals surface area contributed by atoms with Crippen molar-refractivity contribution in [2.75, 3.05) is 21.3 Å². The molecule has 0 bridgehead atoms. The van der Waals surface area contributed by atoms with E-state index in [1.165, 1.54) is 12.1 Å². The summed E-state index contributed by atoms with van der Waals surface area (Å²) < 4.78 is 56.1. The lowest BCUT2D eigenvalue weighted by Crippen LogP contribution is -2.04. The van der Waals surface area contributed by atoms with Gasteiger partial charge in [-0.2, -0.15) is 13.2 Å². The fourth-order valence-electron chi connectivity index (χ4n) is 4.61. The Morgan fingerprint density at radius 2 is 0.769 bits per heavy atom. The van der Waals surface area contributed by atoms with E-state index in [1.807, 2.05) is 72.8 Å². The minimum absolute atomic E-state index is 0.628. The van der Waals surface area contributed by atoms with Gasteiger partial charge >= 0.3 is 6.18 Å². The highest BCUT2D eigenvalue weighted by Crippen LogP contribution is 2.47. The predicted octanol–water partition coefficient (Wildman–Crippen LogP) is 8.73. The first-order chi connectivity index (χ1) is 18.8. The number of rotatable bonds is 7. The van der Waals surface area contributed by atoms with E-state index >= 15 is 0 Å². The molecule has 1 N–H and O–H groups in total. The largest absolute Gasteiger partial charge is 0.497 e. The summed E-state index contributed by atoms with van der Waals surface area (Å²) in [5.74, 6) is 2.13. The fraction of sp³-hybridized carbons (Fsp3) is 0.125. The summed E-state index contributed by atoms with van der Waals surface area (Å²) in [4.78, 5) is 3.55. The van der Waals surface area contributed by atoms with Gasteiger partial charge in [-0.05, 0) is 82.9 Å². The quantitative estimate of drug-likeness (QED) is 0.229. The van der Waals surface area contributed by atoms with E-state index in [2.05, 4.69) is 4.98 Å². The van der Waals surface area contributed by atoms with Gasteiger partial charge in [0.25, 0.3) is 0 Å². The molecule has 0 fully saturated rings. The van der Waals surface area contributed by atoms with Gasteiger partial charge in [-0.15, -0.1) is 0 Å². The highest BCUT2D eigenvalue weighted by atomic mass is 19.4. The van der Waals surface area contributed by atoms with E-state index in [0.29, 0.717) is 22.8 Å². The average Bonchev–Trinajstić information content (AvgIpc) is 3.37. The van der Waals surface area contributed by atoms with Crippen LogP contribution in [0.4, 0.5) is 13.2 Å². The number of methoxy groups -OCH3 is 3. The van der Waals surface area contributed by atoms with E-state index in [0.717, 1.165) is 51.4 Å². The van der Waals surface area contributed by atoms with Crippen LogP contribution in [0.15, 0.2) is 97.1 Å². The third kappa shape index (κ3) is 5.21. The summed E-state index contributed by atoms with van der Waals surface area (Å²) in [6, 6.07) is 28.2. The average molecular weight is 530 g/mol. The zero-order valence-corrected chi connectivity index (χ0v) is 21.6. The first kappa shape index (κ1) is 26.0. The lowest BCUT2D eigenvalue weighted by molar-refractivity contribution is -0.137. The lowest BCUT2D eigenvalue weighted by Gasteiger charge is -2.12. The van der Waals surface area contributed by atoms with Crippen LogP contribution in [-0.4, -0.2) is 26.3 Å². The Bertz CT molecular complexity index is 1550. The number of benzene rings is 4. The summed E-state index contributed by atoms with van der Waals surface area (Å²) in [7, 11) is 4.82. The molecule has 0 saturated carbocycles. The number of aromatic amines is 1. The van der Waals surface area contributed by atoms with E-state index in [9.17, 15) is 13.2 Å². The Morgan fingerprint density at radius 3 is 1.08 bits per heavy atom. The van der Waals surface area contributed by atoms with Crippen LogP contribution in [-0.2, 0) is 6.18 Å². The molecule has 0 aliphatic heterocycles. The Labute approximate surface area is 224 Å². The molecule has 0 amide bonds. The Balaban J connectivity index is 1.80. The van der Waals surface area contributed by atoms with Crippen molar-refractivity contribution in [1.82, 2.24) is 4.98 Å². The van der Waals surface area contributed by atoms with Gasteiger partial charge in [0.2, 0.25) is 0 Å². The first-order valence-corrected chi connectivity index (χ1v) is 12.2. The van der Waals surface area contributed by atoms with Gasteiger partial charge < -0.3 is 19.2 Å². The summed E-state index contributed by atoms with van der Waals surface area (Å²) in [6.07, 6.45) is -4.42. The van der Waals surface area contributed by atoms with Crippen LogP contribution in [0.1, 0.15) is 5.56 Å². The van der Waals surface area contributed by atoms with Crippen LogP contribution in [0.5, 0.6) is 17.2 Å². The van der Waals surface area contributed by atoms with Crippen molar-refractivity contribution in [1.29, 1.82) is 0 Å². The summed E-state index contributed by atoms with van der Waals surface area (Å²) in [5.41, 5.74) is 5.91. The number of halogens is 3. The second-order valence-electron chi connectivity index (χ2n) is 8.89. The first-order valence-electron chi connectivity index (χ1n) is 12.2. The molecule has 0 aliphatic carbocycles. The van der Waals surface area contributed by atoms with Crippen LogP contribution in [0.3, 0.4) is 0 Å². The molecule has 7 heteroatoms. The number of ether oxygens (including phenoxy) is 3. The van der Waals surface area contributed by atoms with E-state index < -0.39 is 11.7 Å². The molecule has 1 aromatic heterocycles. The van der Waals surface area contributed by atoms with Crippen molar-refractivity contribution in [2.45, 2.75) is 6.18 Å². The van der Waals surface area contributed by atoms with Crippen molar-refractivity contribution >= 4 is 0 Å². The van der Waals surface area contributed by atoms with E-state index in [4.69, 9.17) is 14.2 Å². The maximum Gasteiger partial charge on any atom is 0.416 e. The highest BCUT2D eigenvalue weighted by molar-refractivity contribution is 6.01. The normalized spacial score (nSPS) is 11.3. The maximum atomic E-state index is 13.3. The van der Waals surface area contributed by atoms with Gasteiger partial charge in [0.05, 0.1) is 38.3 Å². The van der Waals surface area contributed by atoms with Gasteiger partial charge in [-0.3, -0.25) is 0 Å².